The molecular weight excluding hydrogens is 114 g/mol. The monoisotopic (exact) mass is 121 g/mol. The van der Waals surface area contributed by atoms with Gasteiger partial charge in [0.05, 0.1) is 6.10 Å². The summed E-state index contributed by atoms with van der Waals surface area (Å²) >= 11 is 0. The van der Waals surface area contributed by atoms with Gasteiger partial charge < -0.3 is 9.94 Å². The Labute approximate surface area is 46.0 Å². The van der Waals surface area contributed by atoms with Crippen molar-refractivity contribution in [3.63, 3.8) is 0 Å². The second-order valence-corrected chi connectivity index (χ2v) is 1.37. The van der Waals surface area contributed by atoms with Gasteiger partial charge in [-0.1, -0.05) is 0 Å². The number of hydrogen-bond acceptors (Lipinski definition) is 4. The van der Waals surface area contributed by atoms with Gasteiger partial charge in [0.25, 0.3) is 5.09 Å². The highest BCUT2D eigenvalue weighted by atomic mass is 17.0. The van der Waals surface area contributed by atoms with Crippen molar-refractivity contribution in [2.45, 2.75) is 13.0 Å². The van der Waals surface area contributed by atoms with Crippen LogP contribution in [0.25, 0.3) is 0 Å². The molecule has 0 heterocycles. The second-order valence-electron chi connectivity index (χ2n) is 1.37. The van der Waals surface area contributed by atoms with Crippen molar-refractivity contribution >= 4 is 0 Å². The second kappa shape index (κ2) is 3.20. The third-order valence-corrected chi connectivity index (χ3v) is 0.421. The zero-order valence-corrected chi connectivity index (χ0v) is 4.40. The minimum atomic E-state index is -0.938. The first kappa shape index (κ1) is 7.16. The normalized spacial score (nSPS) is 12.8. The molecule has 48 valence electrons. The first-order chi connectivity index (χ1) is 3.63. The molecule has 5 heteroatoms. The first-order valence-electron chi connectivity index (χ1n) is 2.08. The molecule has 1 atom stereocenters. The summed E-state index contributed by atoms with van der Waals surface area (Å²) in [5.74, 6) is 0. The van der Waals surface area contributed by atoms with Crippen LogP contribution in [0.5, 0.6) is 0 Å². The summed E-state index contributed by atoms with van der Waals surface area (Å²) in [6.07, 6.45) is -0.777. The van der Waals surface area contributed by atoms with E-state index in [4.69, 9.17) is 5.11 Å². The third-order valence-electron chi connectivity index (χ3n) is 0.421. The maximum Gasteiger partial charge on any atom is 0.294 e. The van der Waals surface area contributed by atoms with Gasteiger partial charge in [-0.2, -0.15) is 0 Å². The van der Waals surface area contributed by atoms with Crippen LogP contribution in [0.3, 0.4) is 0 Å². The molecule has 0 bridgehead atoms. The summed E-state index contributed by atoms with van der Waals surface area (Å²) < 4.78 is 0. The third kappa shape index (κ3) is 5.16. The predicted octanol–water partition coefficient (Wildman–Crippen LogP) is -0.425. The molecule has 1 unspecified atom stereocenters. The molecule has 0 aromatic rings. The largest absolute Gasteiger partial charge is 0.391 e. The molecule has 0 aromatic carbocycles. The van der Waals surface area contributed by atoms with Crippen molar-refractivity contribution in [3.05, 3.63) is 10.1 Å². The van der Waals surface area contributed by atoms with Gasteiger partial charge in [0.15, 0.2) is 0 Å². The minimum Gasteiger partial charge on any atom is -0.391 e. The van der Waals surface area contributed by atoms with E-state index in [0.29, 0.717) is 0 Å². The van der Waals surface area contributed by atoms with Crippen LogP contribution in [0, 0.1) is 10.1 Å². The van der Waals surface area contributed by atoms with Gasteiger partial charge in [-0.05, 0) is 6.92 Å². The number of rotatable bonds is 3. The number of aliphatic hydroxyl groups is 1. The average molecular weight is 121 g/mol. The lowest BCUT2D eigenvalue weighted by atomic mass is 10.5. The van der Waals surface area contributed by atoms with Crippen LogP contribution >= 0.6 is 0 Å². The summed E-state index contributed by atoms with van der Waals surface area (Å²) in [6, 6.07) is 0. The molecule has 5 nitrogen and oxygen atoms in total. The van der Waals surface area contributed by atoms with Crippen LogP contribution in [0.15, 0.2) is 0 Å². The van der Waals surface area contributed by atoms with Gasteiger partial charge in [0.2, 0.25) is 0 Å². The van der Waals surface area contributed by atoms with Crippen LogP contribution < -0.4 is 0 Å². The molecule has 0 spiro atoms. The van der Waals surface area contributed by atoms with E-state index in [-0.39, 0.29) is 6.61 Å². The van der Waals surface area contributed by atoms with Crippen molar-refractivity contribution in [1.29, 1.82) is 0 Å². The molecule has 0 aliphatic rings. The Kier molecular flexibility index (Phi) is 2.86. The van der Waals surface area contributed by atoms with Crippen LogP contribution in [0.2, 0.25) is 0 Å². The minimum absolute atomic E-state index is 0.257. The van der Waals surface area contributed by atoms with E-state index in [1.165, 1.54) is 6.92 Å². The highest BCUT2D eigenvalue weighted by Crippen LogP contribution is 1.80. The summed E-state index contributed by atoms with van der Waals surface area (Å²) in [7, 11) is 0. The van der Waals surface area contributed by atoms with Crippen molar-refractivity contribution in [3.8, 4) is 0 Å². The van der Waals surface area contributed by atoms with Crippen LogP contribution in [0.4, 0.5) is 0 Å². The molecule has 0 saturated heterocycles. The molecule has 0 amide bonds. The summed E-state index contributed by atoms with van der Waals surface area (Å²) in [5.41, 5.74) is 0. The highest BCUT2D eigenvalue weighted by Gasteiger charge is 1.97. The Balaban J connectivity index is 3.05. The molecule has 8 heavy (non-hydrogen) atoms. The molecule has 0 fully saturated rings. The van der Waals surface area contributed by atoms with Crippen molar-refractivity contribution < 1.29 is 15.0 Å². The number of hydrogen-bond donors (Lipinski definition) is 1. The van der Waals surface area contributed by atoms with Gasteiger partial charge in [0, 0.05) is 0 Å². The van der Waals surface area contributed by atoms with Gasteiger partial charge >= 0.3 is 0 Å². The van der Waals surface area contributed by atoms with E-state index in [9.17, 15) is 10.1 Å². The molecular formula is C3H7NO4. The number of nitrogens with zero attached hydrogens (tertiary/aromatic N) is 1. The molecule has 1 N–H and O–H groups in total. The fourth-order valence-electron chi connectivity index (χ4n) is 0.169. The van der Waals surface area contributed by atoms with E-state index in [2.05, 4.69) is 4.84 Å². The van der Waals surface area contributed by atoms with E-state index in [1.54, 1.807) is 0 Å². The van der Waals surface area contributed by atoms with Crippen molar-refractivity contribution in [2.24, 2.45) is 0 Å². The quantitative estimate of drug-likeness (QED) is 0.406. The van der Waals surface area contributed by atoms with E-state index < -0.39 is 11.2 Å². The maximum absolute atomic E-state index is 9.38. The molecule has 0 aliphatic heterocycles. The smallest absolute Gasteiger partial charge is 0.294 e. The van der Waals surface area contributed by atoms with Crippen LogP contribution in [0.1, 0.15) is 6.92 Å². The highest BCUT2D eigenvalue weighted by molar-refractivity contribution is 4.36. The SMILES string of the molecule is CC(O)CO[N+](=O)[O-]. The molecule has 0 radical (unpaired) electrons. The van der Waals surface area contributed by atoms with E-state index in [1.807, 2.05) is 0 Å². The zero-order valence-electron chi connectivity index (χ0n) is 4.40. The van der Waals surface area contributed by atoms with Gasteiger partial charge in [-0.15, -0.1) is 10.1 Å². The van der Waals surface area contributed by atoms with Crippen LogP contribution in [-0.2, 0) is 4.84 Å². The topological polar surface area (TPSA) is 72.6 Å². The standard InChI is InChI=1S/C3H7NO4/c1-3(5)2-8-4(6)7/h3,5H,2H2,1H3. The summed E-state index contributed by atoms with van der Waals surface area (Å²) in [5, 5.41) is 16.8. The Bertz CT molecular complexity index is 81.4. The Hall–Kier alpha value is -0.840. The Morgan fingerprint density at radius 1 is 2.00 bits per heavy atom. The summed E-state index contributed by atoms with van der Waals surface area (Å²) in [6.45, 7) is 1.15. The van der Waals surface area contributed by atoms with E-state index >= 15 is 0 Å². The van der Waals surface area contributed by atoms with Crippen LogP contribution in [-0.4, -0.2) is 22.9 Å². The Morgan fingerprint density at radius 2 is 2.50 bits per heavy atom. The molecule has 0 aliphatic carbocycles. The van der Waals surface area contributed by atoms with Gasteiger partial charge in [0.1, 0.15) is 6.61 Å². The fourth-order valence-corrected chi connectivity index (χ4v) is 0.169. The molecule has 0 rings (SSSR count). The lowest BCUT2D eigenvalue weighted by molar-refractivity contribution is -0.759. The van der Waals surface area contributed by atoms with Crippen molar-refractivity contribution in [2.75, 3.05) is 6.61 Å². The van der Waals surface area contributed by atoms with E-state index in [0.717, 1.165) is 0 Å². The summed E-state index contributed by atoms with van der Waals surface area (Å²) in [4.78, 5) is 13.2. The first-order valence-corrected chi connectivity index (χ1v) is 2.08. The number of aliphatic hydroxyl groups excluding tert-OH is 1. The lowest BCUT2D eigenvalue weighted by Crippen LogP contribution is -2.13. The predicted molar refractivity (Wildman–Crippen MR) is 24.6 cm³/mol. The molecule has 0 aromatic heterocycles. The van der Waals surface area contributed by atoms with Gasteiger partial charge in [-0.25, -0.2) is 0 Å². The van der Waals surface area contributed by atoms with Crippen molar-refractivity contribution in [1.82, 2.24) is 0 Å². The Morgan fingerprint density at radius 3 is 2.62 bits per heavy atom. The maximum atomic E-state index is 9.38. The molecule has 0 saturated carbocycles. The lowest BCUT2D eigenvalue weighted by Gasteiger charge is -1.98. The van der Waals surface area contributed by atoms with Gasteiger partial charge in [-0.3, -0.25) is 0 Å². The fraction of sp³-hybridized carbons (Fsp3) is 1.00. The zero-order chi connectivity index (χ0) is 6.57. The average Bonchev–Trinajstić information content (AvgIpc) is 1.61.